The molecule has 0 heterocycles. The summed E-state index contributed by atoms with van der Waals surface area (Å²) in [5.41, 5.74) is 1.49. The highest BCUT2D eigenvalue weighted by atomic mass is 19.4. The van der Waals surface area contributed by atoms with E-state index in [2.05, 4.69) is 5.32 Å². The van der Waals surface area contributed by atoms with E-state index in [0.717, 1.165) is 23.3 Å². The summed E-state index contributed by atoms with van der Waals surface area (Å²) in [5.74, 6) is 0. The molecule has 6 heteroatoms. The molecule has 0 radical (unpaired) electrons. The van der Waals surface area contributed by atoms with Gasteiger partial charge in [0.1, 0.15) is 12.6 Å². The van der Waals surface area contributed by atoms with E-state index in [-0.39, 0.29) is 5.56 Å². The summed E-state index contributed by atoms with van der Waals surface area (Å²) in [4.78, 5) is 1.05. The van der Waals surface area contributed by atoms with Crippen molar-refractivity contribution in [2.75, 3.05) is 18.5 Å². The lowest BCUT2D eigenvalue weighted by molar-refractivity contribution is -0.119. The molecule has 20 heavy (non-hydrogen) atoms. The summed E-state index contributed by atoms with van der Waals surface area (Å²) in [6.45, 7) is -0.427. The second-order valence-corrected chi connectivity index (χ2v) is 5.09. The number of halogens is 3. The number of rotatable bonds is 5. The third-order valence-corrected chi connectivity index (χ3v) is 3.18. The highest BCUT2D eigenvalue weighted by molar-refractivity contribution is 5.60. The quantitative estimate of drug-likeness (QED) is 0.903. The minimum absolute atomic E-state index is 0.270. The van der Waals surface area contributed by atoms with Gasteiger partial charge in [-0.05, 0) is 30.5 Å². The van der Waals surface area contributed by atoms with E-state index < -0.39 is 12.7 Å². The van der Waals surface area contributed by atoms with Gasteiger partial charge in [-0.15, -0.1) is 0 Å². The molecule has 0 spiro atoms. The third-order valence-electron chi connectivity index (χ3n) is 3.18. The van der Waals surface area contributed by atoms with Crippen LogP contribution in [0.5, 0.6) is 0 Å². The zero-order chi connectivity index (χ0) is 14.8. The van der Waals surface area contributed by atoms with Gasteiger partial charge in [-0.25, -0.2) is 0 Å². The summed E-state index contributed by atoms with van der Waals surface area (Å²) >= 11 is 0. The minimum Gasteiger partial charge on any atom is -0.365 e. The Bertz CT molecular complexity index is 515. The standard InChI is InChI=1S/C14H16F3N3/c1-20(9-14(15,16)17)13-5-2-10(6-11(13)7-18)8-19-12-3-4-12/h2,5-6,12,19H,3-4,8-9H2,1H3. The Morgan fingerprint density at radius 3 is 2.65 bits per heavy atom. The Morgan fingerprint density at radius 2 is 2.10 bits per heavy atom. The second-order valence-electron chi connectivity index (χ2n) is 5.09. The molecule has 1 N–H and O–H groups in total. The van der Waals surface area contributed by atoms with Gasteiger partial charge in [0, 0.05) is 19.6 Å². The summed E-state index contributed by atoms with van der Waals surface area (Å²) in [6.07, 6.45) is -1.96. The number of benzene rings is 1. The van der Waals surface area contributed by atoms with Gasteiger partial charge in [0.15, 0.2) is 0 Å². The van der Waals surface area contributed by atoms with Crippen LogP contribution in [0.1, 0.15) is 24.0 Å². The fraction of sp³-hybridized carbons (Fsp3) is 0.500. The van der Waals surface area contributed by atoms with Crippen molar-refractivity contribution in [1.82, 2.24) is 5.32 Å². The number of nitrogens with zero attached hydrogens (tertiary/aromatic N) is 2. The smallest absolute Gasteiger partial charge is 0.365 e. The van der Waals surface area contributed by atoms with Crippen molar-refractivity contribution >= 4 is 5.69 Å². The van der Waals surface area contributed by atoms with Gasteiger partial charge in [0.25, 0.3) is 0 Å². The molecule has 0 atom stereocenters. The van der Waals surface area contributed by atoms with Gasteiger partial charge < -0.3 is 10.2 Å². The molecule has 0 bridgehead atoms. The molecule has 1 saturated carbocycles. The van der Waals surface area contributed by atoms with Crippen molar-refractivity contribution in [1.29, 1.82) is 5.26 Å². The van der Waals surface area contributed by atoms with Crippen LogP contribution in [0.2, 0.25) is 0 Å². The molecule has 1 aromatic rings. The lowest BCUT2D eigenvalue weighted by Gasteiger charge is -2.22. The maximum Gasteiger partial charge on any atom is 0.405 e. The number of hydrogen-bond acceptors (Lipinski definition) is 3. The van der Waals surface area contributed by atoms with Crippen LogP contribution in [0.25, 0.3) is 0 Å². The summed E-state index contributed by atoms with van der Waals surface area (Å²) in [7, 11) is 1.34. The predicted octanol–water partition coefficient (Wildman–Crippen LogP) is 2.81. The first-order valence-corrected chi connectivity index (χ1v) is 6.43. The zero-order valence-corrected chi connectivity index (χ0v) is 11.2. The second kappa shape index (κ2) is 5.71. The highest BCUT2D eigenvalue weighted by Gasteiger charge is 2.30. The first-order valence-electron chi connectivity index (χ1n) is 6.43. The van der Waals surface area contributed by atoms with Crippen LogP contribution < -0.4 is 10.2 Å². The maximum absolute atomic E-state index is 12.4. The van der Waals surface area contributed by atoms with Crippen molar-refractivity contribution < 1.29 is 13.2 Å². The van der Waals surface area contributed by atoms with Gasteiger partial charge in [0.05, 0.1) is 11.3 Å². The lowest BCUT2D eigenvalue weighted by Crippen LogP contribution is -2.31. The fourth-order valence-electron chi connectivity index (χ4n) is 2.02. The molecular formula is C14H16F3N3. The number of nitriles is 1. The van der Waals surface area contributed by atoms with E-state index in [4.69, 9.17) is 5.26 Å². The van der Waals surface area contributed by atoms with E-state index in [9.17, 15) is 13.2 Å². The zero-order valence-electron chi connectivity index (χ0n) is 11.2. The fourth-order valence-corrected chi connectivity index (χ4v) is 2.02. The first-order chi connectivity index (χ1) is 9.39. The average Bonchev–Trinajstić information content (AvgIpc) is 3.17. The van der Waals surface area contributed by atoms with E-state index in [1.54, 1.807) is 18.2 Å². The third kappa shape index (κ3) is 4.14. The molecule has 1 aliphatic rings. The van der Waals surface area contributed by atoms with Crippen molar-refractivity contribution in [2.45, 2.75) is 31.6 Å². The van der Waals surface area contributed by atoms with Gasteiger partial charge >= 0.3 is 6.18 Å². The molecular weight excluding hydrogens is 267 g/mol. The Labute approximate surface area is 116 Å². The van der Waals surface area contributed by atoms with Crippen molar-refractivity contribution in [3.63, 3.8) is 0 Å². The van der Waals surface area contributed by atoms with Crippen LogP contribution in [0.3, 0.4) is 0 Å². The Hall–Kier alpha value is -1.74. The maximum atomic E-state index is 12.4. The Kier molecular flexibility index (Phi) is 4.19. The highest BCUT2D eigenvalue weighted by Crippen LogP contribution is 2.25. The molecule has 0 unspecified atom stereocenters. The molecule has 0 aliphatic heterocycles. The molecule has 3 nitrogen and oxygen atoms in total. The van der Waals surface area contributed by atoms with Gasteiger partial charge in [0.2, 0.25) is 0 Å². The van der Waals surface area contributed by atoms with Crippen LogP contribution in [0.4, 0.5) is 18.9 Å². The van der Waals surface area contributed by atoms with Crippen molar-refractivity contribution in [3.8, 4) is 6.07 Å². The van der Waals surface area contributed by atoms with Gasteiger partial charge in [-0.1, -0.05) is 6.07 Å². The van der Waals surface area contributed by atoms with Crippen LogP contribution in [0, 0.1) is 11.3 Å². The van der Waals surface area contributed by atoms with E-state index >= 15 is 0 Å². The molecule has 108 valence electrons. The largest absolute Gasteiger partial charge is 0.405 e. The van der Waals surface area contributed by atoms with Gasteiger partial charge in [-0.2, -0.15) is 18.4 Å². The Morgan fingerprint density at radius 1 is 1.40 bits per heavy atom. The molecule has 0 amide bonds. The molecule has 0 saturated heterocycles. The Balaban J connectivity index is 2.10. The molecule has 0 aromatic heterocycles. The van der Waals surface area contributed by atoms with Crippen LogP contribution in [-0.4, -0.2) is 25.8 Å². The van der Waals surface area contributed by atoms with E-state index in [0.29, 0.717) is 18.3 Å². The molecule has 1 fully saturated rings. The van der Waals surface area contributed by atoms with E-state index in [1.165, 1.54) is 7.05 Å². The van der Waals surface area contributed by atoms with Crippen LogP contribution in [-0.2, 0) is 6.54 Å². The van der Waals surface area contributed by atoms with E-state index in [1.807, 2.05) is 6.07 Å². The van der Waals surface area contributed by atoms with Crippen molar-refractivity contribution in [3.05, 3.63) is 29.3 Å². The number of hydrogen-bond donors (Lipinski definition) is 1. The average molecular weight is 283 g/mol. The molecule has 1 aromatic carbocycles. The summed E-state index contributed by atoms with van der Waals surface area (Å²) in [6, 6.07) is 7.51. The van der Waals surface area contributed by atoms with Crippen molar-refractivity contribution in [2.24, 2.45) is 0 Å². The number of anilines is 1. The van der Waals surface area contributed by atoms with Crippen LogP contribution >= 0.6 is 0 Å². The minimum atomic E-state index is -4.28. The number of nitrogens with one attached hydrogen (secondary N) is 1. The summed E-state index contributed by atoms with van der Waals surface area (Å²) in [5, 5.41) is 12.4. The number of alkyl halides is 3. The van der Waals surface area contributed by atoms with Crippen LogP contribution in [0.15, 0.2) is 18.2 Å². The first kappa shape index (κ1) is 14.7. The summed E-state index contributed by atoms with van der Waals surface area (Å²) < 4.78 is 37.2. The molecule has 2 rings (SSSR count). The predicted molar refractivity (Wildman–Crippen MR) is 70.3 cm³/mol. The van der Waals surface area contributed by atoms with Gasteiger partial charge in [-0.3, -0.25) is 0 Å². The SMILES string of the molecule is CN(CC(F)(F)F)c1ccc(CNC2CC2)cc1C#N. The monoisotopic (exact) mass is 283 g/mol. The molecule has 1 aliphatic carbocycles. The topological polar surface area (TPSA) is 39.1 Å². The normalized spacial score (nSPS) is 14.9. The lowest BCUT2D eigenvalue weighted by atomic mass is 10.1.